The number of hydrogen-bond acceptors (Lipinski definition) is 3. The number of rotatable bonds is 7. The van der Waals surface area contributed by atoms with Crippen molar-refractivity contribution in [2.75, 3.05) is 14.2 Å². The molecule has 0 bridgehead atoms. The van der Waals surface area contributed by atoms with Crippen molar-refractivity contribution in [2.45, 2.75) is 33.3 Å². The average Bonchev–Trinajstić information content (AvgIpc) is 2.60. The lowest BCUT2D eigenvalue weighted by Crippen LogP contribution is -2.21. The molecule has 0 saturated heterocycles. The summed E-state index contributed by atoms with van der Waals surface area (Å²) in [5, 5.41) is 2.65. The molecular formula is C20H25NO3. The first-order valence-corrected chi connectivity index (χ1v) is 8.16. The van der Waals surface area contributed by atoms with Crippen LogP contribution in [0.3, 0.4) is 0 Å². The number of methoxy groups -OCH3 is 1. The molecule has 2 aromatic rings. The van der Waals surface area contributed by atoms with Gasteiger partial charge in [-0.05, 0) is 42.2 Å². The second kappa shape index (κ2) is 8.39. The van der Waals surface area contributed by atoms with E-state index in [0.717, 1.165) is 34.6 Å². The van der Waals surface area contributed by atoms with E-state index in [2.05, 4.69) is 24.4 Å². The number of carbonyl (C=O) groups is 1. The summed E-state index contributed by atoms with van der Waals surface area (Å²) in [6.07, 6.45) is 1.31. The number of aryl methyl sites for hydroxylation is 2. The van der Waals surface area contributed by atoms with Crippen LogP contribution in [0, 0.1) is 6.92 Å². The van der Waals surface area contributed by atoms with Gasteiger partial charge in [-0.2, -0.15) is 0 Å². The molecule has 0 aliphatic heterocycles. The Morgan fingerprint density at radius 3 is 2.58 bits per heavy atom. The van der Waals surface area contributed by atoms with Crippen molar-refractivity contribution in [3.63, 3.8) is 0 Å². The second-order valence-corrected chi connectivity index (χ2v) is 5.69. The lowest BCUT2D eigenvalue weighted by Gasteiger charge is -2.16. The number of amides is 1. The van der Waals surface area contributed by atoms with Crippen LogP contribution < -0.4 is 14.8 Å². The fraction of sp³-hybridized carbons (Fsp3) is 0.350. The van der Waals surface area contributed by atoms with Crippen LogP contribution in [-0.4, -0.2) is 20.1 Å². The number of nitrogens with one attached hydrogen (secondary N) is 1. The van der Waals surface area contributed by atoms with Crippen molar-refractivity contribution >= 4 is 5.91 Å². The highest BCUT2D eigenvalue weighted by Gasteiger charge is 2.13. The number of carbonyl (C=O) groups excluding carboxylic acids is 1. The van der Waals surface area contributed by atoms with Gasteiger partial charge in [-0.3, -0.25) is 4.79 Å². The summed E-state index contributed by atoms with van der Waals surface area (Å²) < 4.78 is 11.5. The largest absolute Gasteiger partial charge is 0.496 e. The highest BCUT2D eigenvalue weighted by Crippen LogP contribution is 2.26. The highest BCUT2D eigenvalue weighted by molar-refractivity contribution is 5.78. The summed E-state index contributed by atoms with van der Waals surface area (Å²) in [4.78, 5) is 11.7. The first kappa shape index (κ1) is 17.9. The minimum Gasteiger partial charge on any atom is -0.496 e. The van der Waals surface area contributed by atoms with E-state index in [0.29, 0.717) is 13.0 Å². The standard InChI is InChI=1S/C20H25NO3/c1-5-15-9-10-18(14(2)11-15)24-13-17-16(12-20(22)21-3)7-6-8-19(17)23-4/h6-11H,5,12-13H2,1-4H3,(H,21,22). The van der Waals surface area contributed by atoms with E-state index in [9.17, 15) is 4.79 Å². The molecule has 0 aliphatic rings. The summed E-state index contributed by atoms with van der Waals surface area (Å²) >= 11 is 0. The molecule has 2 rings (SSSR count). The molecule has 0 radical (unpaired) electrons. The first-order valence-electron chi connectivity index (χ1n) is 8.16. The van der Waals surface area contributed by atoms with Crippen LogP contribution in [0.25, 0.3) is 0 Å². The summed E-state index contributed by atoms with van der Waals surface area (Å²) in [7, 11) is 3.27. The van der Waals surface area contributed by atoms with Crippen molar-refractivity contribution in [1.82, 2.24) is 5.32 Å². The minimum absolute atomic E-state index is 0.0343. The van der Waals surface area contributed by atoms with Crippen molar-refractivity contribution in [3.8, 4) is 11.5 Å². The molecule has 0 heterocycles. The quantitative estimate of drug-likeness (QED) is 0.847. The summed E-state index contributed by atoms with van der Waals surface area (Å²) in [6.45, 7) is 4.54. The fourth-order valence-electron chi connectivity index (χ4n) is 2.64. The van der Waals surface area contributed by atoms with Gasteiger partial charge in [-0.25, -0.2) is 0 Å². The smallest absolute Gasteiger partial charge is 0.224 e. The molecule has 0 unspecified atom stereocenters. The zero-order valence-corrected chi connectivity index (χ0v) is 14.8. The number of benzene rings is 2. The van der Waals surface area contributed by atoms with E-state index >= 15 is 0 Å². The summed E-state index contributed by atoms with van der Waals surface area (Å²) in [5.74, 6) is 1.55. The van der Waals surface area contributed by atoms with Crippen molar-refractivity contribution in [1.29, 1.82) is 0 Å². The zero-order chi connectivity index (χ0) is 17.5. The molecular weight excluding hydrogens is 302 g/mol. The maximum absolute atomic E-state index is 11.7. The van der Waals surface area contributed by atoms with Gasteiger partial charge in [-0.1, -0.05) is 31.2 Å². The van der Waals surface area contributed by atoms with E-state index < -0.39 is 0 Å². The molecule has 1 N–H and O–H groups in total. The molecule has 128 valence electrons. The molecule has 0 spiro atoms. The third-order valence-electron chi connectivity index (χ3n) is 4.10. The van der Waals surface area contributed by atoms with Crippen LogP contribution in [0.5, 0.6) is 11.5 Å². The van der Waals surface area contributed by atoms with Crippen molar-refractivity contribution in [3.05, 3.63) is 58.7 Å². The van der Waals surface area contributed by atoms with Crippen LogP contribution in [0.15, 0.2) is 36.4 Å². The zero-order valence-electron chi connectivity index (χ0n) is 14.8. The van der Waals surface area contributed by atoms with Gasteiger partial charge < -0.3 is 14.8 Å². The van der Waals surface area contributed by atoms with E-state index in [1.165, 1.54) is 5.56 Å². The van der Waals surface area contributed by atoms with Gasteiger partial charge >= 0.3 is 0 Å². The van der Waals surface area contributed by atoms with E-state index in [1.807, 2.05) is 31.2 Å². The number of hydrogen-bond donors (Lipinski definition) is 1. The van der Waals surface area contributed by atoms with Gasteiger partial charge in [0.15, 0.2) is 0 Å². The van der Waals surface area contributed by atoms with Gasteiger partial charge in [0.05, 0.1) is 13.5 Å². The minimum atomic E-state index is -0.0343. The van der Waals surface area contributed by atoms with Gasteiger partial charge in [0.25, 0.3) is 0 Å². The molecule has 0 fully saturated rings. The van der Waals surface area contributed by atoms with Gasteiger partial charge in [0.1, 0.15) is 18.1 Å². The summed E-state index contributed by atoms with van der Waals surface area (Å²) in [5.41, 5.74) is 4.22. The van der Waals surface area contributed by atoms with E-state index in [-0.39, 0.29) is 5.91 Å². The molecule has 2 aromatic carbocycles. The number of ether oxygens (including phenoxy) is 2. The van der Waals surface area contributed by atoms with Crippen molar-refractivity contribution < 1.29 is 14.3 Å². The van der Waals surface area contributed by atoms with Crippen LogP contribution in [0.4, 0.5) is 0 Å². The normalized spacial score (nSPS) is 10.3. The second-order valence-electron chi connectivity index (χ2n) is 5.69. The van der Waals surface area contributed by atoms with Crippen LogP contribution >= 0.6 is 0 Å². The Bertz CT molecular complexity index is 710. The molecule has 1 amide bonds. The lowest BCUT2D eigenvalue weighted by atomic mass is 10.0. The Labute approximate surface area is 143 Å². The SMILES string of the molecule is CCc1ccc(OCc2c(CC(=O)NC)cccc2OC)c(C)c1. The predicted octanol–water partition coefficient (Wildman–Crippen LogP) is 3.43. The third-order valence-corrected chi connectivity index (χ3v) is 4.10. The summed E-state index contributed by atoms with van der Waals surface area (Å²) in [6, 6.07) is 11.9. The number of likely N-dealkylation sites (N-methyl/N-ethyl adjacent to an activating group) is 1. The van der Waals surface area contributed by atoms with Crippen LogP contribution in [0.2, 0.25) is 0 Å². The molecule has 24 heavy (non-hydrogen) atoms. The van der Waals surface area contributed by atoms with Gasteiger partial charge in [0, 0.05) is 12.6 Å². The van der Waals surface area contributed by atoms with Gasteiger partial charge in [0.2, 0.25) is 5.91 Å². The average molecular weight is 327 g/mol. The predicted molar refractivity (Wildman–Crippen MR) is 95.7 cm³/mol. The Morgan fingerprint density at radius 1 is 1.17 bits per heavy atom. The molecule has 4 nitrogen and oxygen atoms in total. The Morgan fingerprint density at radius 2 is 1.96 bits per heavy atom. The molecule has 0 aromatic heterocycles. The Balaban J connectivity index is 2.23. The van der Waals surface area contributed by atoms with Crippen LogP contribution in [-0.2, 0) is 24.2 Å². The van der Waals surface area contributed by atoms with E-state index in [1.54, 1.807) is 14.2 Å². The topological polar surface area (TPSA) is 47.6 Å². The van der Waals surface area contributed by atoms with Crippen molar-refractivity contribution in [2.24, 2.45) is 0 Å². The maximum atomic E-state index is 11.7. The lowest BCUT2D eigenvalue weighted by molar-refractivity contribution is -0.119. The molecule has 0 atom stereocenters. The first-order chi connectivity index (χ1) is 11.6. The molecule has 0 aliphatic carbocycles. The molecule has 0 saturated carbocycles. The highest BCUT2D eigenvalue weighted by atomic mass is 16.5. The van der Waals surface area contributed by atoms with Crippen LogP contribution in [0.1, 0.15) is 29.2 Å². The third kappa shape index (κ3) is 4.28. The van der Waals surface area contributed by atoms with Gasteiger partial charge in [-0.15, -0.1) is 0 Å². The Hall–Kier alpha value is -2.49. The van der Waals surface area contributed by atoms with E-state index in [4.69, 9.17) is 9.47 Å². The molecule has 4 heteroatoms. The monoisotopic (exact) mass is 327 g/mol. The maximum Gasteiger partial charge on any atom is 0.224 e. The Kier molecular flexibility index (Phi) is 6.24. The fourth-order valence-corrected chi connectivity index (χ4v) is 2.64.